The van der Waals surface area contributed by atoms with Gasteiger partial charge in [-0.15, -0.1) is 0 Å². The van der Waals surface area contributed by atoms with Crippen LogP contribution < -0.4 is 4.74 Å². The number of esters is 1. The first-order chi connectivity index (χ1) is 13.1. The monoisotopic (exact) mass is 424 g/mol. The van der Waals surface area contributed by atoms with E-state index in [0.29, 0.717) is 6.61 Å². The number of ether oxygens (including phenoxy) is 2. The lowest BCUT2D eigenvalue weighted by molar-refractivity contribution is -0.141. The van der Waals surface area contributed by atoms with Crippen molar-refractivity contribution in [2.24, 2.45) is 0 Å². The van der Waals surface area contributed by atoms with E-state index in [1.54, 1.807) is 0 Å². The van der Waals surface area contributed by atoms with E-state index in [1.165, 1.54) is 7.11 Å². The Morgan fingerprint density at radius 3 is 2.15 bits per heavy atom. The van der Waals surface area contributed by atoms with Crippen molar-refractivity contribution in [3.05, 3.63) is 102 Å². The number of carbonyl (C=O) groups is 1. The van der Waals surface area contributed by atoms with Crippen molar-refractivity contribution in [2.45, 2.75) is 17.4 Å². The van der Waals surface area contributed by atoms with Crippen LogP contribution in [0.5, 0.6) is 5.75 Å². The Balaban J connectivity index is 1.98. The molecule has 27 heavy (non-hydrogen) atoms. The standard InChI is InChI=1S/C23H21BrO3/c1-26-22(25)16-23(24,19-12-6-3-7-13-19)20-14-8-9-15-21(20)27-17-18-10-4-2-5-11-18/h2-15H,16-17H2,1H3. The fourth-order valence-electron chi connectivity index (χ4n) is 2.98. The zero-order chi connectivity index (χ0) is 19.1. The molecule has 0 N–H and O–H groups in total. The molecule has 0 saturated carbocycles. The van der Waals surface area contributed by atoms with Crippen LogP contribution in [0.15, 0.2) is 84.9 Å². The molecule has 0 saturated heterocycles. The number of hydrogen-bond acceptors (Lipinski definition) is 3. The van der Waals surface area contributed by atoms with Crippen molar-refractivity contribution < 1.29 is 14.3 Å². The minimum absolute atomic E-state index is 0.152. The summed E-state index contributed by atoms with van der Waals surface area (Å²) in [6.07, 6.45) is 0.152. The largest absolute Gasteiger partial charge is 0.489 e. The normalized spacial score (nSPS) is 12.8. The van der Waals surface area contributed by atoms with Crippen LogP contribution in [0, 0.1) is 0 Å². The number of halogens is 1. The average molecular weight is 425 g/mol. The van der Waals surface area contributed by atoms with Crippen molar-refractivity contribution in [3.63, 3.8) is 0 Å². The Morgan fingerprint density at radius 2 is 1.48 bits per heavy atom. The minimum atomic E-state index is -0.741. The van der Waals surface area contributed by atoms with Crippen LogP contribution in [0.25, 0.3) is 0 Å². The molecule has 0 aromatic heterocycles. The summed E-state index contributed by atoms with van der Waals surface area (Å²) >= 11 is 3.84. The Labute approximate surface area is 168 Å². The second-order valence-electron chi connectivity index (χ2n) is 6.19. The Hall–Kier alpha value is -2.59. The van der Waals surface area contributed by atoms with E-state index in [1.807, 2.05) is 84.9 Å². The molecule has 0 radical (unpaired) electrons. The third-order valence-corrected chi connectivity index (χ3v) is 5.56. The molecule has 3 aromatic rings. The molecule has 4 heteroatoms. The van der Waals surface area contributed by atoms with Crippen LogP contribution >= 0.6 is 15.9 Å². The molecule has 3 nitrogen and oxygen atoms in total. The molecule has 0 spiro atoms. The predicted molar refractivity (Wildman–Crippen MR) is 110 cm³/mol. The second-order valence-corrected chi connectivity index (χ2v) is 7.54. The predicted octanol–water partition coefficient (Wildman–Crippen LogP) is 5.47. The lowest BCUT2D eigenvalue weighted by atomic mass is 9.87. The quantitative estimate of drug-likeness (QED) is 0.372. The first-order valence-electron chi connectivity index (χ1n) is 8.71. The fourth-order valence-corrected chi connectivity index (χ4v) is 3.80. The molecular formula is C23H21BrO3. The molecule has 3 rings (SSSR count). The smallest absolute Gasteiger partial charge is 0.307 e. The maximum Gasteiger partial charge on any atom is 0.307 e. The van der Waals surface area contributed by atoms with E-state index < -0.39 is 4.32 Å². The topological polar surface area (TPSA) is 35.5 Å². The van der Waals surface area contributed by atoms with Gasteiger partial charge < -0.3 is 9.47 Å². The van der Waals surface area contributed by atoms with Gasteiger partial charge in [0.25, 0.3) is 0 Å². The van der Waals surface area contributed by atoms with Gasteiger partial charge in [0.05, 0.1) is 17.9 Å². The number of methoxy groups -OCH3 is 1. The van der Waals surface area contributed by atoms with Gasteiger partial charge in [-0.1, -0.05) is 94.8 Å². The lowest BCUT2D eigenvalue weighted by Gasteiger charge is -2.29. The zero-order valence-corrected chi connectivity index (χ0v) is 16.7. The first-order valence-corrected chi connectivity index (χ1v) is 9.50. The Bertz CT molecular complexity index is 880. The van der Waals surface area contributed by atoms with Gasteiger partial charge in [0, 0.05) is 5.56 Å². The summed E-state index contributed by atoms with van der Waals surface area (Å²) in [5.74, 6) is 0.430. The van der Waals surface area contributed by atoms with Crippen LogP contribution in [0.3, 0.4) is 0 Å². The van der Waals surface area contributed by atoms with Crippen LogP contribution in [-0.2, 0) is 20.5 Å². The van der Waals surface area contributed by atoms with Crippen LogP contribution in [0.2, 0.25) is 0 Å². The fraction of sp³-hybridized carbons (Fsp3) is 0.174. The van der Waals surface area contributed by atoms with Crippen LogP contribution in [-0.4, -0.2) is 13.1 Å². The van der Waals surface area contributed by atoms with Crippen molar-refractivity contribution >= 4 is 21.9 Å². The number of hydrogen-bond donors (Lipinski definition) is 0. The van der Waals surface area contributed by atoms with E-state index in [0.717, 1.165) is 22.4 Å². The molecular weight excluding hydrogens is 404 g/mol. The molecule has 0 aliphatic rings. The highest BCUT2D eigenvalue weighted by Crippen LogP contribution is 2.46. The lowest BCUT2D eigenvalue weighted by Crippen LogP contribution is -2.25. The summed E-state index contributed by atoms with van der Waals surface area (Å²) in [6, 6.07) is 27.6. The van der Waals surface area contributed by atoms with Gasteiger partial charge in [0.15, 0.2) is 0 Å². The molecule has 3 aromatic carbocycles. The highest BCUT2D eigenvalue weighted by Gasteiger charge is 2.36. The van der Waals surface area contributed by atoms with Crippen molar-refractivity contribution in [1.82, 2.24) is 0 Å². The Kier molecular flexibility index (Phi) is 6.30. The summed E-state index contributed by atoms with van der Waals surface area (Å²) in [7, 11) is 1.40. The average Bonchev–Trinajstić information content (AvgIpc) is 2.73. The maximum absolute atomic E-state index is 12.2. The highest BCUT2D eigenvalue weighted by atomic mass is 79.9. The summed E-state index contributed by atoms with van der Waals surface area (Å²) in [5, 5.41) is 0. The summed E-state index contributed by atoms with van der Waals surface area (Å²) < 4.78 is 10.3. The summed E-state index contributed by atoms with van der Waals surface area (Å²) in [4.78, 5) is 12.2. The van der Waals surface area contributed by atoms with E-state index >= 15 is 0 Å². The third-order valence-electron chi connectivity index (χ3n) is 4.40. The summed E-state index contributed by atoms with van der Waals surface area (Å²) in [5.41, 5.74) is 2.93. The van der Waals surface area contributed by atoms with Gasteiger partial charge in [-0.3, -0.25) is 4.79 Å². The van der Waals surface area contributed by atoms with Gasteiger partial charge in [-0.25, -0.2) is 0 Å². The zero-order valence-electron chi connectivity index (χ0n) is 15.1. The highest BCUT2D eigenvalue weighted by molar-refractivity contribution is 9.09. The van der Waals surface area contributed by atoms with E-state index in [-0.39, 0.29) is 12.4 Å². The van der Waals surface area contributed by atoms with Crippen molar-refractivity contribution in [2.75, 3.05) is 7.11 Å². The molecule has 0 fully saturated rings. The third kappa shape index (κ3) is 4.58. The second kappa shape index (κ2) is 8.87. The maximum atomic E-state index is 12.2. The molecule has 0 bridgehead atoms. The molecule has 1 atom stereocenters. The van der Waals surface area contributed by atoms with Gasteiger partial charge in [-0.05, 0) is 17.2 Å². The summed E-state index contributed by atoms with van der Waals surface area (Å²) in [6.45, 7) is 0.452. The molecule has 0 amide bonds. The number of rotatable bonds is 7. The van der Waals surface area contributed by atoms with Crippen LogP contribution in [0.4, 0.5) is 0 Å². The number of carbonyl (C=O) groups excluding carboxylic acids is 1. The van der Waals surface area contributed by atoms with Crippen molar-refractivity contribution in [3.8, 4) is 5.75 Å². The molecule has 0 aliphatic carbocycles. The van der Waals surface area contributed by atoms with E-state index in [9.17, 15) is 4.79 Å². The minimum Gasteiger partial charge on any atom is -0.489 e. The number of alkyl halides is 1. The van der Waals surface area contributed by atoms with Gasteiger partial charge in [0.2, 0.25) is 0 Å². The first kappa shape index (κ1) is 19.2. The Morgan fingerprint density at radius 1 is 0.889 bits per heavy atom. The number of para-hydroxylation sites is 1. The van der Waals surface area contributed by atoms with Gasteiger partial charge in [-0.2, -0.15) is 0 Å². The number of benzene rings is 3. The van der Waals surface area contributed by atoms with E-state index in [2.05, 4.69) is 15.9 Å². The van der Waals surface area contributed by atoms with Gasteiger partial charge >= 0.3 is 5.97 Å². The van der Waals surface area contributed by atoms with Crippen LogP contribution in [0.1, 0.15) is 23.1 Å². The molecule has 0 aliphatic heterocycles. The van der Waals surface area contributed by atoms with E-state index in [4.69, 9.17) is 9.47 Å². The molecule has 1 unspecified atom stereocenters. The SMILES string of the molecule is COC(=O)CC(Br)(c1ccccc1)c1ccccc1OCc1ccccc1. The van der Waals surface area contributed by atoms with Crippen molar-refractivity contribution in [1.29, 1.82) is 0 Å². The molecule has 0 heterocycles. The molecule has 138 valence electrons. The van der Waals surface area contributed by atoms with Gasteiger partial charge in [0.1, 0.15) is 12.4 Å².